The number of methoxy groups -OCH3 is 1. The topological polar surface area (TPSA) is 65.4 Å². The van der Waals surface area contributed by atoms with Crippen LogP contribution in [0, 0.1) is 11.3 Å². The molecular formula is C31H32F3N3O3. The molecule has 4 aromatic rings. The van der Waals surface area contributed by atoms with Crippen LogP contribution in [0.15, 0.2) is 66.7 Å². The Kier molecular flexibility index (Phi) is 7.25. The van der Waals surface area contributed by atoms with Crippen LogP contribution in [-0.2, 0) is 4.74 Å². The van der Waals surface area contributed by atoms with Gasteiger partial charge in [0.2, 0.25) is 5.95 Å². The number of esters is 1. The number of benzene rings is 3. The first-order valence-electron chi connectivity index (χ1n) is 13.2. The van der Waals surface area contributed by atoms with Crippen molar-refractivity contribution in [3.63, 3.8) is 0 Å². The molecule has 3 aromatic carbocycles. The first-order chi connectivity index (χ1) is 18.9. The third-order valence-electron chi connectivity index (χ3n) is 7.38. The molecule has 6 nitrogen and oxygen atoms in total. The molecular weight excluding hydrogens is 519 g/mol. The van der Waals surface area contributed by atoms with Crippen molar-refractivity contribution in [3.8, 4) is 16.9 Å². The van der Waals surface area contributed by atoms with Crippen LogP contribution in [0.5, 0.6) is 5.75 Å². The maximum Gasteiger partial charge on any atom is 0.573 e. The van der Waals surface area contributed by atoms with E-state index in [-0.39, 0.29) is 17.2 Å². The van der Waals surface area contributed by atoms with E-state index in [0.29, 0.717) is 23.1 Å². The van der Waals surface area contributed by atoms with Gasteiger partial charge in [0, 0.05) is 11.7 Å². The zero-order chi connectivity index (χ0) is 28.7. The molecule has 1 aliphatic rings. The summed E-state index contributed by atoms with van der Waals surface area (Å²) < 4.78 is 49.0. The van der Waals surface area contributed by atoms with Crippen molar-refractivity contribution in [3.05, 3.63) is 72.3 Å². The maximum atomic E-state index is 12.6. The molecule has 1 fully saturated rings. The summed E-state index contributed by atoms with van der Waals surface area (Å²) in [6.45, 7) is 6.84. The third-order valence-corrected chi connectivity index (χ3v) is 7.38. The van der Waals surface area contributed by atoms with Crippen LogP contribution in [0.4, 0.5) is 24.8 Å². The lowest BCUT2D eigenvalue weighted by molar-refractivity contribution is -0.274. The normalized spacial score (nSPS) is 18.9. The number of aromatic nitrogens is 2. The third kappa shape index (κ3) is 6.08. The van der Waals surface area contributed by atoms with E-state index in [0.717, 1.165) is 41.4 Å². The lowest BCUT2D eigenvalue weighted by atomic mass is 9.70. The Balaban J connectivity index is 1.55. The van der Waals surface area contributed by atoms with Crippen LogP contribution >= 0.6 is 0 Å². The van der Waals surface area contributed by atoms with Crippen LogP contribution in [-0.4, -0.2) is 29.0 Å². The Labute approximate surface area is 231 Å². The van der Waals surface area contributed by atoms with E-state index < -0.39 is 12.3 Å². The number of ether oxygens (including phenoxy) is 2. The van der Waals surface area contributed by atoms with Gasteiger partial charge in [-0.25, -0.2) is 9.78 Å². The summed E-state index contributed by atoms with van der Waals surface area (Å²) in [5, 5.41) is 3.34. The average molecular weight is 552 g/mol. The molecule has 1 unspecified atom stereocenters. The minimum atomic E-state index is -4.75. The van der Waals surface area contributed by atoms with Gasteiger partial charge in [0.05, 0.1) is 23.7 Å². The summed E-state index contributed by atoms with van der Waals surface area (Å²) in [4.78, 5) is 17.0. The molecule has 0 bridgehead atoms. The lowest BCUT2D eigenvalue weighted by Crippen LogP contribution is -2.29. The zero-order valence-corrected chi connectivity index (χ0v) is 22.9. The summed E-state index contributed by atoms with van der Waals surface area (Å²) in [7, 11) is 1.35. The molecule has 1 saturated carbocycles. The van der Waals surface area contributed by atoms with E-state index in [1.165, 1.54) is 19.2 Å². The van der Waals surface area contributed by atoms with Crippen molar-refractivity contribution in [1.29, 1.82) is 0 Å². The number of alkyl halides is 3. The van der Waals surface area contributed by atoms with E-state index in [1.54, 1.807) is 24.3 Å². The highest BCUT2D eigenvalue weighted by Gasteiger charge is 2.35. The van der Waals surface area contributed by atoms with E-state index >= 15 is 0 Å². The second kappa shape index (κ2) is 10.5. The number of anilines is 2. The molecule has 0 radical (unpaired) electrons. The molecule has 1 N–H and O–H groups in total. The Bertz CT molecular complexity index is 1530. The number of hydrogen-bond acceptors (Lipinski definition) is 5. The Morgan fingerprint density at radius 2 is 1.75 bits per heavy atom. The second-order valence-electron chi connectivity index (χ2n) is 11.3. The van der Waals surface area contributed by atoms with Gasteiger partial charge in [0.25, 0.3) is 0 Å². The number of imidazole rings is 1. The summed E-state index contributed by atoms with van der Waals surface area (Å²) in [5.74, 6) is 0.459. The summed E-state index contributed by atoms with van der Waals surface area (Å²) in [6, 6.07) is 19.1. The monoisotopic (exact) mass is 551 g/mol. The number of fused-ring (bicyclic) bond motifs is 1. The zero-order valence-electron chi connectivity index (χ0n) is 22.9. The number of hydrogen-bond donors (Lipinski definition) is 1. The molecule has 0 spiro atoms. The molecule has 210 valence electrons. The van der Waals surface area contributed by atoms with Gasteiger partial charge in [-0.3, -0.25) is 0 Å². The van der Waals surface area contributed by atoms with E-state index in [1.807, 2.05) is 30.3 Å². The molecule has 9 heteroatoms. The van der Waals surface area contributed by atoms with Crippen molar-refractivity contribution in [2.24, 2.45) is 11.3 Å². The second-order valence-corrected chi connectivity index (χ2v) is 11.3. The molecule has 1 aliphatic carbocycles. The minimum absolute atomic E-state index is 0.154. The van der Waals surface area contributed by atoms with Gasteiger partial charge in [-0.2, -0.15) is 0 Å². The number of nitrogens with one attached hydrogen (secondary N) is 1. The minimum Gasteiger partial charge on any atom is -0.465 e. The predicted octanol–water partition coefficient (Wildman–Crippen LogP) is 8.52. The quantitative estimate of drug-likeness (QED) is 0.243. The first-order valence-corrected chi connectivity index (χ1v) is 13.2. The Morgan fingerprint density at radius 3 is 2.42 bits per heavy atom. The number of carbonyl (C=O) groups is 1. The molecule has 0 amide bonds. The summed E-state index contributed by atoms with van der Waals surface area (Å²) >= 11 is 0. The highest BCUT2D eigenvalue weighted by atomic mass is 19.4. The highest BCUT2D eigenvalue weighted by molar-refractivity contribution is 5.92. The molecule has 1 aromatic heterocycles. The Morgan fingerprint density at radius 1 is 1.02 bits per heavy atom. The molecule has 5 rings (SSSR count). The average Bonchev–Trinajstić information content (AvgIpc) is 3.24. The van der Waals surface area contributed by atoms with Crippen LogP contribution in [0.3, 0.4) is 0 Å². The van der Waals surface area contributed by atoms with E-state index in [9.17, 15) is 18.0 Å². The van der Waals surface area contributed by atoms with Gasteiger partial charge >= 0.3 is 12.3 Å². The van der Waals surface area contributed by atoms with Gasteiger partial charge in [0.1, 0.15) is 5.75 Å². The molecule has 0 aliphatic heterocycles. The summed E-state index contributed by atoms with van der Waals surface area (Å²) in [5.41, 5.74) is 4.71. The lowest BCUT2D eigenvalue weighted by Gasteiger charge is -2.40. The fourth-order valence-corrected chi connectivity index (χ4v) is 6.04. The van der Waals surface area contributed by atoms with Crippen LogP contribution in [0.1, 0.15) is 56.4 Å². The van der Waals surface area contributed by atoms with Crippen LogP contribution in [0.25, 0.3) is 22.2 Å². The largest absolute Gasteiger partial charge is 0.573 e. The molecule has 2 atom stereocenters. The predicted molar refractivity (Wildman–Crippen MR) is 149 cm³/mol. The number of carbonyl (C=O) groups excluding carboxylic acids is 1. The van der Waals surface area contributed by atoms with Crippen LogP contribution in [0.2, 0.25) is 0 Å². The van der Waals surface area contributed by atoms with Crippen molar-refractivity contribution in [2.75, 3.05) is 12.4 Å². The fourth-order valence-electron chi connectivity index (χ4n) is 6.04. The Hall–Kier alpha value is -4.01. The van der Waals surface area contributed by atoms with Gasteiger partial charge in [-0.15, -0.1) is 13.2 Å². The highest BCUT2D eigenvalue weighted by Crippen LogP contribution is 2.46. The standard InChI is InChI=1S/C31H32F3N3O3/c1-19-14-24(18-30(2,3)17-19)37-27-13-8-21(20-6-5-7-22(15-20)28(38)39-4)16-26(27)36-29(37)35-23-9-11-25(12-10-23)40-31(32,33)34/h5-13,15-16,19,24H,14,17-18H2,1-4H3,(H,35,36)/t19-,24?/m0/s1. The van der Waals surface area contributed by atoms with E-state index in [4.69, 9.17) is 9.72 Å². The van der Waals surface area contributed by atoms with Gasteiger partial charge in [-0.05, 0) is 90.3 Å². The van der Waals surface area contributed by atoms with Crippen molar-refractivity contribution < 1.29 is 27.4 Å². The maximum absolute atomic E-state index is 12.6. The van der Waals surface area contributed by atoms with Gasteiger partial charge < -0.3 is 19.4 Å². The van der Waals surface area contributed by atoms with E-state index in [2.05, 4.69) is 35.4 Å². The van der Waals surface area contributed by atoms with Crippen LogP contribution < -0.4 is 10.1 Å². The van der Waals surface area contributed by atoms with Gasteiger partial charge in [-0.1, -0.05) is 39.0 Å². The SMILES string of the molecule is COC(=O)c1cccc(-c2ccc3c(c2)nc(Nc2ccc(OC(F)(F)F)cc2)n3C2C[C@H](C)CC(C)(C)C2)c1. The number of nitrogens with zero attached hydrogens (tertiary/aromatic N) is 2. The number of halogens is 3. The van der Waals surface area contributed by atoms with Crippen molar-refractivity contribution in [2.45, 2.75) is 52.4 Å². The molecule has 40 heavy (non-hydrogen) atoms. The summed E-state index contributed by atoms with van der Waals surface area (Å²) in [6.07, 6.45) is -1.65. The first kappa shape index (κ1) is 27.6. The molecule has 1 heterocycles. The van der Waals surface area contributed by atoms with Crippen molar-refractivity contribution in [1.82, 2.24) is 9.55 Å². The molecule has 0 saturated heterocycles. The fraction of sp³-hybridized carbons (Fsp3) is 0.355. The van der Waals surface area contributed by atoms with Crippen molar-refractivity contribution >= 4 is 28.6 Å². The van der Waals surface area contributed by atoms with Gasteiger partial charge in [0.15, 0.2) is 0 Å². The smallest absolute Gasteiger partial charge is 0.465 e. The number of rotatable bonds is 6.